The van der Waals surface area contributed by atoms with Crippen molar-refractivity contribution >= 4 is 22.5 Å². The van der Waals surface area contributed by atoms with Gasteiger partial charge in [0, 0.05) is 22.1 Å². The second-order valence-corrected chi connectivity index (χ2v) is 5.59. The highest BCUT2D eigenvalue weighted by atomic mass is 35.5. The summed E-state index contributed by atoms with van der Waals surface area (Å²) in [5.41, 5.74) is 0.781. The van der Waals surface area contributed by atoms with Crippen LogP contribution in [-0.2, 0) is 4.74 Å². The first-order valence-electron chi connectivity index (χ1n) is 6.75. The number of aromatic amines is 1. The van der Waals surface area contributed by atoms with Gasteiger partial charge in [0.1, 0.15) is 30.2 Å². The highest BCUT2D eigenvalue weighted by Crippen LogP contribution is 2.31. The number of fused-ring (bicyclic) bond motifs is 1. The maximum absolute atomic E-state index is 9.97. The molecule has 8 heteroatoms. The summed E-state index contributed by atoms with van der Waals surface area (Å²) in [7, 11) is 0. The summed E-state index contributed by atoms with van der Waals surface area (Å²) in [6, 6.07) is 5.18. The highest BCUT2D eigenvalue weighted by molar-refractivity contribution is 6.31. The van der Waals surface area contributed by atoms with Gasteiger partial charge in [0.05, 0.1) is 6.61 Å². The molecule has 1 aliphatic rings. The molecule has 1 aromatic carbocycles. The molecular weight excluding hydrogens is 314 g/mol. The van der Waals surface area contributed by atoms with Crippen LogP contribution in [0.4, 0.5) is 0 Å². The van der Waals surface area contributed by atoms with Gasteiger partial charge >= 0.3 is 0 Å². The third-order valence-corrected chi connectivity index (χ3v) is 3.93. The van der Waals surface area contributed by atoms with Crippen LogP contribution >= 0.6 is 11.6 Å². The van der Waals surface area contributed by atoms with E-state index in [-0.39, 0.29) is 0 Å². The monoisotopic (exact) mass is 329 g/mol. The van der Waals surface area contributed by atoms with Crippen LogP contribution in [0.25, 0.3) is 10.9 Å². The molecule has 7 nitrogen and oxygen atoms in total. The molecule has 1 aliphatic heterocycles. The Morgan fingerprint density at radius 3 is 2.68 bits per heavy atom. The van der Waals surface area contributed by atoms with Crippen LogP contribution < -0.4 is 4.74 Å². The summed E-state index contributed by atoms with van der Waals surface area (Å²) in [6.07, 6.45) is -5.03. The Labute approximate surface area is 130 Å². The van der Waals surface area contributed by atoms with E-state index in [0.29, 0.717) is 16.2 Å². The minimum Gasteiger partial charge on any atom is -0.460 e. The van der Waals surface area contributed by atoms with Crippen LogP contribution in [-0.4, -0.2) is 62.7 Å². The molecule has 1 saturated heterocycles. The van der Waals surface area contributed by atoms with Gasteiger partial charge in [-0.2, -0.15) is 0 Å². The summed E-state index contributed by atoms with van der Waals surface area (Å²) < 4.78 is 10.9. The van der Waals surface area contributed by atoms with E-state index in [9.17, 15) is 15.3 Å². The third-order valence-electron chi connectivity index (χ3n) is 3.70. The van der Waals surface area contributed by atoms with Gasteiger partial charge in [0.15, 0.2) is 0 Å². The summed E-state index contributed by atoms with van der Waals surface area (Å²) in [4.78, 5) is 2.98. The van der Waals surface area contributed by atoms with E-state index in [0.717, 1.165) is 5.52 Å². The van der Waals surface area contributed by atoms with Crippen LogP contribution in [0.5, 0.6) is 5.75 Å². The predicted molar refractivity (Wildman–Crippen MR) is 77.7 cm³/mol. The lowest BCUT2D eigenvalue weighted by molar-refractivity contribution is -0.277. The molecule has 22 heavy (non-hydrogen) atoms. The number of aromatic nitrogens is 1. The number of nitrogens with one attached hydrogen (secondary N) is 1. The fourth-order valence-corrected chi connectivity index (χ4v) is 2.63. The van der Waals surface area contributed by atoms with Crippen LogP contribution in [0.1, 0.15) is 0 Å². The largest absolute Gasteiger partial charge is 0.460 e. The van der Waals surface area contributed by atoms with Crippen molar-refractivity contribution in [2.24, 2.45) is 0 Å². The Bertz CT molecular complexity index is 660. The first-order valence-corrected chi connectivity index (χ1v) is 7.13. The fraction of sp³-hybridized carbons (Fsp3) is 0.429. The van der Waals surface area contributed by atoms with Gasteiger partial charge < -0.3 is 34.9 Å². The molecule has 2 heterocycles. The van der Waals surface area contributed by atoms with Crippen LogP contribution in [0.15, 0.2) is 24.4 Å². The number of halogens is 1. The van der Waals surface area contributed by atoms with Crippen molar-refractivity contribution in [2.45, 2.75) is 30.7 Å². The maximum Gasteiger partial charge on any atom is 0.229 e. The number of hydrogen-bond donors (Lipinski definition) is 5. The van der Waals surface area contributed by atoms with Crippen molar-refractivity contribution in [3.63, 3.8) is 0 Å². The second-order valence-electron chi connectivity index (χ2n) is 5.16. The number of aliphatic hydroxyl groups is 4. The zero-order valence-electron chi connectivity index (χ0n) is 11.4. The molecule has 2 aromatic rings. The molecule has 0 saturated carbocycles. The summed E-state index contributed by atoms with van der Waals surface area (Å²) in [6.45, 7) is -0.509. The zero-order chi connectivity index (χ0) is 15.9. The fourth-order valence-electron chi connectivity index (χ4n) is 2.45. The number of ether oxygens (including phenoxy) is 2. The van der Waals surface area contributed by atoms with Gasteiger partial charge in [-0.15, -0.1) is 0 Å². The molecule has 3 rings (SSSR count). The van der Waals surface area contributed by atoms with E-state index in [1.54, 1.807) is 24.4 Å². The molecule has 5 N–H and O–H groups in total. The SMILES string of the molecule is OCC1O[C@@H](Oc2c[nH]c3ccc(Cl)cc23)C(O)C(O)[C@@H]1O. The van der Waals surface area contributed by atoms with Gasteiger partial charge in [-0.05, 0) is 18.2 Å². The number of rotatable bonds is 3. The number of hydrogen-bond acceptors (Lipinski definition) is 6. The summed E-state index contributed by atoms with van der Waals surface area (Å²) >= 11 is 5.95. The normalized spacial score (nSPS) is 32.3. The van der Waals surface area contributed by atoms with Gasteiger partial charge in [0.2, 0.25) is 6.29 Å². The van der Waals surface area contributed by atoms with Gasteiger partial charge in [0.25, 0.3) is 0 Å². The first-order chi connectivity index (χ1) is 10.5. The van der Waals surface area contributed by atoms with Crippen molar-refractivity contribution in [1.82, 2.24) is 4.98 Å². The molecule has 1 aromatic heterocycles. The molecule has 0 aliphatic carbocycles. The zero-order valence-corrected chi connectivity index (χ0v) is 12.1. The Morgan fingerprint density at radius 2 is 1.95 bits per heavy atom. The molecule has 0 amide bonds. The lowest BCUT2D eigenvalue weighted by Crippen LogP contribution is -2.60. The smallest absolute Gasteiger partial charge is 0.229 e. The Morgan fingerprint density at radius 1 is 1.18 bits per heavy atom. The van der Waals surface area contributed by atoms with Crippen molar-refractivity contribution in [1.29, 1.82) is 0 Å². The Kier molecular flexibility index (Phi) is 4.26. The molecule has 0 bridgehead atoms. The summed E-state index contributed by atoms with van der Waals surface area (Å²) in [5.74, 6) is 0.377. The third kappa shape index (κ3) is 2.67. The standard InChI is InChI=1S/C14H16ClNO6/c15-6-1-2-8-7(3-6)9(4-16-8)21-14-13(20)12(19)11(18)10(5-17)22-14/h1-4,10-14,16-20H,5H2/t10?,11-,12?,13?,14-/m1/s1. The highest BCUT2D eigenvalue weighted by Gasteiger charge is 2.44. The Hall–Kier alpha value is -1.35. The average molecular weight is 330 g/mol. The maximum atomic E-state index is 9.97. The van der Waals surface area contributed by atoms with E-state index in [4.69, 9.17) is 26.2 Å². The molecular formula is C14H16ClNO6. The van der Waals surface area contributed by atoms with Crippen molar-refractivity contribution in [3.8, 4) is 5.75 Å². The van der Waals surface area contributed by atoms with Gasteiger partial charge in [-0.25, -0.2) is 0 Å². The lowest BCUT2D eigenvalue weighted by Gasteiger charge is -2.39. The number of H-pyrrole nitrogens is 1. The van der Waals surface area contributed by atoms with Gasteiger partial charge in [-0.3, -0.25) is 0 Å². The van der Waals surface area contributed by atoms with E-state index in [1.807, 2.05) is 0 Å². The molecule has 5 atom stereocenters. The molecule has 1 fully saturated rings. The van der Waals surface area contributed by atoms with Crippen LogP contribution in [0, 0.1) is 0 Å². The predicted octanol–water partition coefficient (Wildman–Crippen LogP) is -0.000000000000000278. The number of aliphatic hydroxyl groups excluding tert-OH is 4. The van der Waals surface area contributed by atoms with E-state index < -0.39 is 37.3 Å². The van der Waals surface area contributed by atoms with Crippen molar-refractivity contribution < 1.29 is 29.9 Å². The summed E-state index contributed by atoms with van der Waals surface area (Å²) in [5, 5.41) is 39.8. The Balaban J connectivity index is 1.85. The second kappa shape index (κ2) is 6.04. The van der Waals surface area contributed by atoms with E-state index in [2.05, 4.69) is 4.98 Å². The molecule has 0 spiro atoms. The molecule has 3 unspecified atom stereocenters. The lowest BCUT2D eigenvalue weighted by atomic mass is 9.99. The topological polar surface area (TPSA) is 115 Å². The average Bonchev–Trinajstić information content (AvgIpc) is 2.90. The van der Waals surface area contributed by atoms with Crippen molar-refractivity contribution in [2.75, 3.05) is 6.61 Å². The van der Waals surface area contributed by atoms with Crippen LogP contribution in [0.2, 0.25) is 5.02 Å². The minimum absolute atomic E-state index is 0.377. The van der Waals surface area contributed by atoms with Gasteiger partial charge in [-0.1, -0.05) is 11.6 Å². The van der Waals surface area contributed by atoms with E-state index in [1.165, 1.54) is 0 Å². The first kappa shape index (κ1) is 15.5. The quantitative estimate of drug-likeness (QED) is 0.541. The molecule has 0 radical (unpaired) electrons. The minimum atomic E-state index is -1.48. The molecule has 120 valence electrons. The van der Waals surface area contributed by atoms with E-state index >= 15 is 0 Å². The van der Waals surface area contributed by atoms with Crippen molar-refractivity contribution in [3.05, 3.63) is 29.4 Å². The number of benzene rings is 1. The van der Waals surface area contributed by atoms with Crippen LogP contribution in [0.3, 0.4) is 0 Å².